The van der Waals surface area contributed by atoms with Crippen molar-refractivity contribution in [3.63, 3.8) is 0 Å². The molecule has 3 heterocycles. The van der Waals surface area contributed by atoms with Crippen molar-refractivity contribution < 1.29 is 0 Å². The number of aryl methyl sites for hydroxylation is 1. The maximum atomic E-state index is 13.2. The van der Waals surface area contributed by atoms with Crippen LogP contribution in [-0.2, 0) is 0 Å². The fourth-order valence-corrected chi connectivity index (χ4v) is 4.45. The third-order valence-corrected chi connectivity index (χ3v) is 5.97. The van der Waals surface area contributed by atoms with Crippen molar-refractivity contribution in [1.82, 2.24) is 9.55 Å². The maximum Gasteiger partial charge on any atom is 0.273 e. The molecular formula is C22H23N3OS. The lowest BCUT2D eigenvalue weighted by Gasteiger charge is -2.16. The number of nitrogens with zero attached hydrogens (tertiary/aromatic N) is 3. The van der Waals surface area contributed by atoms with Crippen LogP contribution in [0.4, 0.5) is 5.69 Å². The molecule has 0 saturated heterocycles. The van der Waals surface area contributed by atoms with Crippen LogP contribution in [-0.4, -0.2) is 23.6 Å². The van der Waals surface area contributed by atoms with Gasteiger partial charge in [-0.25, -0.2) is 4.98 Å². The monoisotopic (exact) mass is 377 g/mol. The summed E-state index contributed by atoms with van der Waals surface area (Å²) in [6.45, 7) is 6.33. The molecule has 0 aliphatic rings. The molecule has 4 aromatic rings. The lowest BCUT2D eigenvalue weighted by Crippen LogP contribution is -2.16. The molecule has 0 aliphatic carbocycles. The molecule has 0 aliphatic heterocycles. The van der Waals surface area contributed by atoms with Crippen molar-refractivity contribution in [3.05, 3.63) is 64.2 Å². The van der Waals surface area contributed by atoms with Gasteiger partial charge in [-0.05, 0) is 37.1 Å². The SMILES string of the molecule is Cc1ccc(-n2ccc3c(sc4nc(C(C)C)cc(N(C)C)c43)c2=O)cc1. The van der Waals surface area contributed by atoms with Gasteiger partial charge in [0.2, 0.25) is 0 Å². The standard InChI is InChI=1S/C22H23N3OS/c1-13(2)17-12-18(24(4)5)19-16-10-11-25(15-8-6-14(3)7-9-15)22(26)20(16)27-21(19)23-17/h6-13H,1-5H3. The van der Waals surface area contributed by atoms with Gasteiger partial charge in [-0.3, -0.25) is 9.36 Å². The molecular weight excluding hydrogens is 354 g/mol. The fraction of sp³-hybridized carbons (Fsp3) is 0.273. The van der Waals surface area contributed by atoms with Gasteiger partial charge in [0.1, 0.15) is 9.53 Å². The molecule has 0 spiro atoms. The molecule has 27 heavy (non-hydrogen) atoms. The molecule has 4 nitrogen and oxygen atoms in total. The molecule has 0 bridgehead atoms. The Morgan fingerprint density at radius 1 is 1.11 bits per heavy atom. The summed E-state index contributed by atoms with van der Waals surface area (Å²) in [6.07, 6.45) is 1.87. The van der Waals surface area contributed by atoms with Gasteiger partial charge in [0, 0.05) is 48.1 Å². The average molecular weight is 378 g/mol. The van der Waals surface area contributed by atoms with E-state index in [1.807, 2.05) is 57.5 Å². The number of rotatable bonds is 3. The minimum absolute atomic E-state index is 0.00940. The number of hydrogen-bond acceptors (Lipinski definition) is 4. The van der Waals surface area contributed by atoms with Gasteiger partial charge in [0.15, 0.2) is 0 Å². The van der Waals surface area contributed by atoms with Crippen LogP contribution >= 0.6 is 11.3 Å². The van der Waals surface area contributed by atoms with E-state index in [0.29, 0.717) is 5.92 Å². The quantitative estimate of drug-likeness (QED) is 0.499. The van der Waals surface area contributed by atoms with E-state index >= 15 is 0 Å². The Morgan fingerprint density at radius 2 is 1.81 bits per heavy atom. The largest absolute Gasteiger partial charge is 0.377 e. The van der Waals surface area contributed by atoms with E-state index in [1.54, 1.807) is 4.57 Å². The van der Waals surface area contributed by atoms with Crippen molar-refractivity contribution in [3.8, 4) is 5.69 Å². The van der Waals surface area contributed by atoms with Crippen LogP contribution in [0.5, 0.6) is 0 Å². The Morgan fingerprint density at radius 3 is 2.44 bits per heavy atom. The number of aromatic nitrogens is 2. The Labute approximate surface area is 162 Å². The predicted octanol–water partition coefficient (Wildman–Crippen LogP) is 5.10. The molecule has 0 amide bonds. The fourth-order valence-electron chi connectivity index (χ4n) is 3.32. The summed E-state index contributed by atoms with van der Waals surface area (Å²) in [6, 6.07) is 12.2. The second-order valence-electron chi connectivity index (χ2n) is 7.47. The molecule has 0 unspecified atom stereocenters. The first-order chi connectivity index (χ1) is 12.9. The average Bonchev–Trinajstić information content (AvgIpc) is 3.01. The highest BCUT2D eigenvalue weighted by Gasteiger charge is 2.18. The Hall–Kier alpha value is -2.66. The normalized spacial score (nSPS) is 11.6. The summed E-state index contributed by atoms with van der Waals surface area (Å²) in [5, 5.41) is 2.05. The van der Waals surface area contributed by atoms with Gasteiger partial charge in [-0.15, -0.1) is 11.3 Å². The number of thiophene rings is 1. The summed E-state index contributed by atoms with van der Waals surface area (Å²) >= 11 is 1.49. The Kier molecular flexibility index (Phi) is 4.27. The van der Waals surface area contributed by atoms with E-state index in [4.69, 9.17) is 4.98 Å². The second-order valence-corrected chi connectivity index (χ2v) is 8.47. The molecule has 3 aromatic heterocycles. The van der Waals surface area contributed by atoms with Crippen LogP contribution in [0.15, 0.2) is 47.4 Å². The second kappa shape index (κ2) is 6.50. The van der Waals surface area contributed by atoms with E-state index in [2.05, 4.69) is 24.8 Å². The van der Waals surface area contributed by atoms with E-state index in [-0.39, 0.29) is 5.56 Å². The number of hydrogen-bond donors (Lipinski definition) is 0. The summed E-state index contributed by atoms with van der Waals surface area (Å²) in [7, 11) is 4.08. The zero-order chi connectivity index (χ0) is 19.3. The van der Waals surface area contributed by atoms with Gasteiger partial charge in [0.25, 0.3) is 5.56 Å². The lowest BCUT2D eigenvalue weighted by atomic mass is 10.1. The smallest absolute Gasteiger partial charge is 0.273 e. The maximum absolute atomic E-state index is 13.2. The van der Waals surface area contributed by atoms with Gasteiger partial charge in [-0.1, -0.05) is 31.5 Å². The van der Waals surface area contributed by atoms with Crippen LogP contribution in [0.1, 0.15) is 31.0 Å². The molecule has 1 aromatic carbocycles. The summed E-state index contributed by atoms with van der Waals surface area (Å²) in [5.41, 5.74) is 4.23. The van der Waals surface area contributed by atoms with Crippen LogP contribution in [0.3, 0.4) is 0 Å². The molecule has 0 radical (unpaired) electrons. The highest BCUT2D eigenvalue weighted by atomic mass is 32.1. The highest BCUT2D eigenvalue weighted by Crippen LogP contribution is 2.38. The predicted molar refractivity (Wildman–Crippen MR) is 116 cm³/mol. The van der Waals surface area contributed by atoms with E-state index < -0.39 is 0 Å². The van der Waals surface area contributed by atoms with E-state index in [0.717, 1.165) is 37.4 Å². The Bertz CT molecular complexity index is 1200. The van der Waals surface area contributed by atoms with Gasteiger partial charge < -0.3 is 4.90 Å². The highest BCUT2D eigenvalue weighted by molar-refractivity contribution is 7.25. The van der Waals surface area contributed by atoms with Crippen LogP contribution < -0.4 is 10.5 Å². The minimum Gasteiger partial charge on any atom is -0.377 e. The summed E-state index contributed by atoms with van der Waals surface area (Å²) < 4.78 is 2.47. The Balaban J connectivity index is 2.04. The number of fused-ring (bicyclic) bond motifs is 3. The van der Waals surface area contributed by atoms with Crippen LogP contribution in [0.2, 0.25) is 0 Å². The van der Waals surface area contributed by atoms with Crippen LogP contribution in [0.25, 0.3) is 26.0 Å². The lowest BCUT2D eigenvalue weighted by molar-refractivity contribution is 0.830. The summed E-state index contributed by atoms with van der Waals surface area (Å²) in [5.74, 6) is 0.336. The molecule has 5 heteroatoms. The van der Waals surface area contributed by atoms with Gasteiger partial charge in [-0.2, -0.15) is 0 Å². The van der Waals surface area contributed by atoms with Crippen molar-refractivity contribution in [2.24, 2.45) is 0 Å². The molecule has 0 saturated carbocycles. The first-order valence-electron chi connectivity index (χ1n) is 9.10. The number of benzene rings is 1. The molecule has 4 rings (SSSR count). The molecule has 138 valence electrons. The number of pyridine rings is 2. The van der Waals surface area contributed by atoms with E-state index in [1.165, 1.54) is 16.9 Å². The third kappa shape index (κ3) is 2.92. The van der Waals surface area contributed by atoms with Gasteiger partial charge in [0.05, 0.1) is 0 Å². The topological polar surface area (TPSA) is 38.1 Å². The molecule has 0 atom stereocenters. The minimum atomic E-state index is 0.00940. The van der Waals surface area contributed by atoms with Crippen molar-refractivity contribution in [1.29, 1.82) is 0 Å². The number of anilines is 1. The van der Waals surface area contributed by atoms with Crippen molar-refractivity contribution in [2.75, 3.05) is 19.0 Å². The van der Waals surface area contributed by atoms with E-state index in [9.17, 15) is 4.79 Å². The summed E-state index contributed by atoms with van der Waals surface area (Å²) in [4.78, 5) is 21.1. The third-order valence-electron chi connectivity index (χ3n) is 4.89. The zero-order valence-electron chi connectivity index (χ0n) is 16.3. The molecule has 0 fully saturated rings. The van der Waals surface area contributed by atoms with Crippen molar-refractivity contribution >= 4 is 37.3 Å². The van der Waals surface area contributed by atoms with Gasteiger partial charge >= 0.3 is 0 Å². The first kappa shape index (κ1) is 17.7. The molecule has 0 N–H and O–H groups in total. The first-order valence-corrected chi connectivity index (χ1v) is 9.91. The van der Waals surface area contributed by atoms with Crippen molar-refractivity contribution in [2.45, 2.75) is 26.7 Å². The zero-order valence-corrected chi connectivity index (χ0v) is 17.1. The van der Waals surface area contributed by atoms with Crippen LogP contribution in [0, 0.1) is 6.92 Å².